The Kier molecular flexibility index (Phi) is 7.29. The maximum atomic E-state index is 12.7. The third-order valence-electron chi connectivity index (χ3n) is 4.93. The molecule has 0 saturated heterocycles. The lowest BCUT2D eigenvalue weighted by Gasteiger charge is -2.13. The van der Waals surface area contributed by atoms with Gasteiger partial charge in [0.05, 0.1) is 15.5 Å². The third kappa shape index (κ3) is 6.07. The molecule has 3 aromatic rings. The van der Waals surface area contributed by atoms with Crippen LogP contribution in [0.3, 0.4) is 0 Å². The van der Waals surface area contributed by atoms with E-state index in [9.17, 15) is 23.3 Å². The number of nitro benzene ring substituents is 1. The number of amides is 1. The Hall–Kier alpha value is -3.92. The minimum atomic E-state index is -3.79. The fourth-order valence-electron chi connectivity index (χ4n) is 3.20. The minimum Gasteiger partial charge on any atom is -0.379 e. The van der Waals surface area contributed by atoms with Crippen LogP contribution in [0.15, 0.2) is 71.6 Å². The van der Waals surface area contributed by atoms with Gasteiger partial charge in [-0.3, -0.25) is 19.6 Å². The molecule has 0 heterocycles. The molecule has 3 aromatic carbocycles. The predicted molar refractivity (Wildman–Crippen MR) is 128 cm³/mol. The Labute approximate surface area is 192 Å². The topological polar surface area (TPSA) is 130 Å². The molecule has 0 aromatic heterocycles. The van der Waals surface area contributed by atoms with Gasteiger partial charge in [0.25, 0.3) is 15.7 Å². The highest BCUT2D eigenvalue weighted by Gasteiger charge is 2.17. The van der Waals surface area contributed by atoms with Gasteiger partial charge in [0, 0.05) is 24.7 Å². The smallest absolute Gasteiger partial charge is 0.292 e. The van der Waals surface area contributed by atoms with Crippen molar-refractivity contribution >= 4 is 38.7 Å². The summed E-state index contributed by atoms with van der Waals surface area (Å²) in [6.07, 6.45) is 0.0697. The number of anilines is 3. The average molecular weight is 469 g/mol. The number of aryl methyl sites for hydroxylation is 2. The summed E-state index contributed by atoms with van der Waals surface area (Å²) in [6.45, 7) is 3.85. The number of hydrogen-bond acceptors (Lipinski definition) is 6. The number of carbonyl (C=O) groups excluding carboxylic acids is 1. The van der Waals surface area contributed by atoms with E-state index in [0.29, 0.717) is 17.1 Å². The molecule has 3 rings (SSSR count). The van der Waals surface area contributed by atoms with E-state index in [-0.39, 0.29) is 29.5 Å². The van der Waals surface area contributed by atoms with Crippen molar-refractivity contribution in [1.82, 2.24) is 0 Å². The van der Waals surface area contributed by atoms with Crippen molar-refractivity contribution < 1.29 is 18.1 Å². The van der Waals surface area contributed by atoms with Crippen LogP contribution in [0.2, 0.25) is 0 Å². The van der Waals surface area contributed by atoms with E-state index in [2.05, 4.69) is 15.4 Å². The molecule has 9 nitrogen and oxygen atoms in total. The van der Waals surface area contributed by atoms with Gasteiger partial charge in [-0.15, -0.1) is 0 Å². The predicted octanol–water partition coefficient (Wildman–Crippen LogP) is 4.45. The fraction of sp³-hybridized carbons (Fsp3) is 0.174. The second-order valence-corrected chi connectivity index (χ2v) is 9.08. The number of rotatable bonds is 9. The number of para-hydroxylation sites is 3. The monoisotopic (exact) mass is 468 g/mol. The first-order chi connectivity index (χ1) is 15.7. The first-order valence-electron chi connectivity index (χ1n) is 10.1. The van der Waals surface area contributed by atoms with Crippen molar-refractivity contribution in [1.29, 1.82) is 0 Å². The van der Waals surface area contributed by atoms with Crippen LogP contribution in [-0.4, -0.2) is 25.8 Å². The van der Waals surface area contributed by atoms with Gasteiger partial charge in [0.1, 0.15) is 5.69 Å². The normalized spacial score (nSPS) is 11.0. The van der Waals surface area contributed by atoms with Crippen molar-refractivity contribution in [2.24, 2.45) is 0 Å². The SMILES string of the molecule is Cc1cccc(C)c1NS(=O)(=O)c1ccc(NC(=O)CCNc2ccccc2[N+](=O)[O-])cc1. The Bertz CT molecular complexity index is 1250. The molecule has 10 heteroatoms. The number of nitrogens with zero attached hydrogens (tertiary/aromatic N) is 1. The largest absolute Gasteiger partial charge is 0.379 e. The number of nitrogens with one attached hydrogen (secondary N) is 3. The summed E-state index contributed by atoms with van der Waals surface area (Å²) >= 11 is 0. The summed E-state index contributed by atoms with van der Waals surface area (Å²) in [5.41, 5.74) is 2.89. The van der Waals surface area contributed by atoms with Crippen molar-refractivity contribution in [3.63, 3.8) is 0 Å². The van der Waals surface area contributed by atoms with Gasteiger partial charge >= 0.3 is 0 Å². The highest BCUT2D eigenvalue weighted by Crippen LogP contribution is 2.25. The summed E-state index contributed by atoms with van der Waals surface area (Å²) in [4.78, 5) is 22.8. The molecule has 0 aliphatic heterocycles. The minimum absolute atomic E-state index is 0.0656. The lowest BCUT2D eigenvalue weighted by Crippen LogP contribution is -2.17. The molecule has 0 aliphatic carbocycles. The molecular formula is C23H24N4O5S. The average Bonchev–Trinajstić information content (AvgIpc) is 2.77. The molecule has 3 N–H and O–H groups in total. The molecule has 172 valence electrons. The van der Waals surface area contributed by atoms with Crippen LogP contribution in [-0.2, 0) is 14.8 Å². The Balaban J connectivity index is 1.58. The number of carbonyl (C=O) groups is 1. The van der Waals surface area contributed by atoms with E-state index in [0.717, 1.165) is 11.1 Å². The summed E-state index contributed by atoms with van der Waals surface area (Å²) in [5.74, 6) is -0.314. The zero-order valence-corrected chi connectivity index (χ0v) is 19.0. The molecule has 0 radical (unpaired) electrons. The number of sulfonamides is 1. The highest BCUT2D eigenvalue weighted by atomic mass is 32.2. The van der Waals surface area contributed by atoms with E-state index in [1.807, 2.05) is 32.0 Å². The van der Waals surface area contributed by atoms with Crippen LogP contribution in [0.25, 0.3) is 0 Å². The molecule has 0 saturated carbocycles. The number of benzene rings is 3. The molecule has 33 heavy (non-hydrogen) atoms. The first-order valence-corrected chi connectivity index (χ1v) is 11.6. The zero-order valence-electron chi connectivity index (χ0n) is 18.2. The van der Waals surface area contributed by atoms with Crippen LogP contribution in [0.5, 0.6) is 0 Å². The van der Waals surface area contributed by atoms with Crippen LogP contribution in [0.4, 0.5) is 22.7 Å². The summed E-state index contributed by atoms with van der Waals surface area (Å²) < 4.78 is 28.1. The van der Waals surface area contributed by atoms with E-state index in [4.69, 9.17) is 0 Å². The van der Waals surface area contributed by atoms with E-state index in [1.165, 1.54) is 30.3 Å². The maximum Gasteiger partial charge on any atom is 0.292 e. The van der Waals surface area contributed by atoms with Gasteiger partial charge < -0.3 is 10.6 Å². The second-order valence-electron chi connectivity index (χ2n) is 7.40. The van der Waals surface area contributed by atoms with Crippen molar-refractivity contribution in [2.75, 3.05) is 21.9 Å². The van der Waals surface area contributed by atoms with E-state index >= 15 is 0 Å². The van der Waals surface area contributed by atoms with Crippen LogP contribution < -0.4 is 15.4 Å². The van der Waals surface area contributed by atoms with Crippen LogP contribution >= 0.6 is 0 Å². The van der Waals surface area contributed by atoms with E-state index in [1.54, 1.807) is 18.2 Å². The highest BCUT2D eigenvalue weighted by molar-refractivity contribution is 7.92. The summed E-state index contributed by atoms with van der Waals surface area (Å²) in [7, 11) is -3.79. The van der Waals surface area contributed by atoms with Crippen molar-refractivity contribution in [3.8, 4) is 0 Å². The Morgan fingerprint density at radius 2 is 1.58 bits per heavy atom. The van der Waals surface area contributed by atoms with Gasteiger partial charge in [0.2, 0.25) is 5.91 Å². The van der Waals surface area contributed by atoms with Crippen molar-refractivity contribution in [2.45, 2.75) is 25.2 Å². The van der Waals surface area contributed by atoms with Gasteiger partial charge in [0.15, 0.2) is 0 Å². The molecule has 0 aliphatic rings. The van der Waals surface area contributed by atoms with Gasteiger partial charge in [-0.25, -0.2) is 8.42 Å². The Morgan fingerprint density at radius 1 is 0.939 bits per heavy atom. The van der Waals surface area contributed by atoms with E-state index < -0.39 is 14.9 Å². The molecule has 0 unspecified atom stereocenters. The zero-order chi connectivity index (χ0) is 24.0. The van der Waals surface area contributed by atoms with Gasteiger partial charge in [-0.05, 0) is 55.3 Å². The molecule has 0 fully saturated rings. The first kappa shape index (κ1) is 23.7. The summed E-state index contributed by atoms with van der Waals surface area (Å²) in [6, 6.07) is 17.5. The quantitative estimate of drug-likeness (QED) is 0.314. The van der Waals surface area contributed by atoms with Gasteiger partial charge in [-0.1, -0.05) is 30.3 Å². The molecule has 0 atom stereocenters. The Morgan fingerprint density at radius 3 is 2.21 bits per heavy atom. The van der Waals surface area contributed by atoms with Crippen LogP contribution in [0.1, 0.15) is 17.5 Å². The standard InChI is InChI=1S/C23H24N4O5S/c1-16-6-5-7-17(2)23(16)26-33(31,32)19-12-10-18(11-13-19)25-22(28)14-15-24-20-8-3-4-9-21(20)27(29)30/h3-13,24,26H,14-15H2,1-2H3,(H,25,28). The third-order valence-corrected chi connectivity index (χ3v) is 6.30. The second kappa shape index (κ2) is 10.1. The molecule has 0 spiro atoms. The maximum absolute atomic E-state index is 12.7. The molecule has 1 amide bonds. The molecule has 0 bridgehead atoms. The van der Waals surface area contributed by atoms with Crippen LogP contribution in [0, 0.1) is 24.0 Å². The number of hydrogen-bond donors (Lipinski definition) is 3. The fourth-order valence-corrected chi connectivity index (χ4v) is 4.41. The lowest BCUT2D eigenvalue weighted by atomic mass is 10.1. The summed E-state index contributed by atoms with van der Waals surface area (Å²) in [5, 5.41) is 16.6. The van der Waals surface area contributed by atoms with Gasteiger partial charge in [-0.2, -0.15) is 0 Å². The number of nitro groups is 1. The molecular weight excluding hydrogens is 444 g/mol. The lowest BCUT2D eigenvalue weighted by molar-refractivity contribution is -0.384. The van der Waals surface area contributed by atoms with Crippen molar-refractivity contribution in [3.05, 3.63) is 88.0 Å².